The number of hydrogen-bond donors (Lipinski definition) is 1. The van der Waals surface area contributed by atoms with Crippen LogP contribution in [0, 0.1) is 11.7 Å². The minimum absolute atomic E-state index is 0.0666. The number of carbonyl (C=O) groups is 2. The second-order valence-electron chi connectivity index (χ2n) is 6.44. The summed E-state index contributed by atoms with van der Waals surface area (Å²) < 4.78 is 19.4. The van der Waals surface area contributed by atoms with Gasteiger partial charge in [-0.1, -0.05) is 38.8 Å². The zero-order chi connectivity index (χ0) is 19.9. The van der Waals surface area contributed by atoms with Gasteiger partial charge in [0, 0.05) is 10.8 Å². The van der Waals surface area contributed by atoms with E-state index in [1.54, 1.807) is 20.8 Å². The van der Waals surface area contributed by atoms with Gasteiger partial charge >= 0.3 is 5.97 Å². The number of halogens is 2. The van der Waals surface area contributed by atoms with Gasteiger partial charge in [-0.05, 0) is 38.8 Å². The molecule has 0 fully saturated rings. The number of hydrogen-bond acceptors (Lipinski definition) is 4. The van der Waals surface area contributed by atoms with E-state index in [1.807, 2.05) is 13.8 Å². The highest BCUT2D eigenvalue weighted by atomic mass is 35.5. The highest BCUT2D eigenvalue weighted by Gasteiger charge is 2.23. The predicted octanol–water partition coefficient (Wildman–Crippen LogP) is 5.68. The average molecular weight is 404 g/mol. The van der Waals surface area contributed by atoms with Crippen LogP contribution >= 0.6 is 23.4 Å². The van der Waals surface area contributed by atoms with Crippen molar-refractivity contribution in [1.29, 1.82) is 0 Å². The van der Waals surface area contributed by atoms with Crippen LogP contribution in [0.1, 0.15) is 53.9 Å². The minimum Gasteiger partial charge on any atom is -0.462 e. The van der Waals surface area contributed by atoms with E-state index in [2.05, 4.69) is 5.32 Å². The van der Waals surface area contributed by atoms with Crippen molar-refractivity contribution in [2.45, 2.75) is 70.1 Å². The van der Waals surface area contributed by atoms with Gasteiger partial charge in [0.05, 0.1) is 16.8 Å². The standard InChI is InChI=1S/C19H27ClFNO3S/c1-6-8-12(5)18(23)22-15-10-17(13(20)9-14(15)21)26-16(7-2)19(24)25-11(3)4/h9-12,16H,6-8H2,1-5H3,(H,22,23). The van der Waals surface area contributed by atoms with Crippen LogP contribution in [0.25, 0.3) is 0 Å². The molecular weight excluding hydrogens is 377 g/mol. The molecule has 1 amide bonds. The maximum Gasteiger partial charge on any atom is 0.319 e. The number of esters is 1. The molecule has 0 aliphatic carbocycles. The zero-order valence-electron chi connectivity index (χ0n) is 15.9. The average Bonchev–Trinajstić information content (AvgIpc) is 2.55. The molecule has 0 saturated carbocycles. The molecule has 2 atom stereocenters. The topological polar surface area (TPSA) is 55.4 Å². The third-order valence-electron chi connectivity index (χ3n) is 3.70. The summed E-state index contributed by atoms with van der Waals surface area (Å²) in [5, 5.41) is 2.35. The van der Waals surface area contributed by atoms with Gasteiger partial charge < -0.3 is 10.1 Å². The predicted molar refractivity (Wildman–Crippen MR) is 105 cm³/mol. The van der Waals surface area contributed by atoms with E-state index in [1.165, 1.54) is 17.8 Å². The molecule has 4 nitrogen and oxygen atoms in total. The number of rotatable bonds is 9. The maximum atomic E-state index is 14.2. The largest absolute Gasteiger partial charge is 0.462 e. The Labute approximate surface area is 164 Å². The number of ether oxygens (including phenoxy) is 1. The monoisotopic (exact) mass is 403 g/mol. The van der Waals surface area contributed by atoms with Crippen molar-refractivity contribution in [2.24, 2.45) is 5.92 Å². The molecule has 2 unspecified atom stereocenters. The Morgan fingerprint density at radius 1 is 1.27 bits per heavy atom. The number of thioether (sulfide) groups is 1. The van der Waals surface area contributed by atoms with Crippen LogP contribution in [0.5, 0.6) is 0 Å². The van der Waals surface area contributed by atoms with Crippen molar-refractivity contribution in [3.05, 3.63) is 23.0 Å². The molecule has 0 saturated heterocycles. The lowest BCUT2D eigenvalue weighted by molar-refractivity contribution is -0.146. The summed E-state index contributed by atoms with van der Waals surface area (Å²) in [7, 11) is 0. The van der Waals surface area contributed by atoms with Crippen molar-refractivity contribution < 1.29 is 18.7 Å². The van der Waals surface area contributed by atoms with Crippen molar-refractivity contribution in [3.63, 3.8) is 0 Å². The van der Waals surface area contributed by atoms with Gasteiger partial charge in [-0.25, -0.2) is 4.39 Å². The van der Waals surface area contributed by atoms with E-state index in [-0.39, 0.29) is 34.6 Å². The first-order valence-corrected chi connectivity index (χ1v) is 10.1. The van der Waals surface area contributed by atoms with Crippen molar-refractivity contribution in [2.75, 3.05) is 5.32 Å². The molecule has 0 aromatic heterocycles. The minimum atomic E-state index is -0.603. The summed E-state index contributed by atoms with van der Waals surface area (Å²) >= 11 is 7.35. The molecule has 1 rings (SSSR count). The molecular formula is C19H27ClFNO3S. The van der Waals surface area contributed by atoms with Crippen molar-refractivity contribution in [3.8, 4) is 0 Å². The van der Waals surface area contributed by atoms with Gasteiger partial charge in [0.15, 0.2) is 0 Å². The lowest BCUT2D eigenvalue weighted by Gasteiger charge is -2.18. The summed E-state index contributed by atoms with van der Waals surface area (Å²) in [5.41, 5.74) is 0.0666. The molecule has 0 radical (unpaired) electrons. The summed E-state index contributed by atoms with van der Waals surface area (Å²) in [4.78, 5) is 24.9. The van der Waals surface area contributed by atoms with Gasteiger partial charge in [0.2, 0.25) is 5.91 Å². The normalized spacial score (nSPS) is 13.4. The molecule has 0 heterocycles. The summed E-state index contributed by atoms with van der Waals surface area (Å²) in [5.74, 6) is -1.39. The first-order chi connectivity index (χ1) is 12.2. The van der Waals surface area contributed by atoms with Gasteiger partial charge in [-0.15, -0.1) is 11.8 Å². The fourth-order valence-corrected chi connectivity index (χ4v) is 3.56. The van der Waals surface area contributed by atoms with Crippen molar-refractivity contribution in [1.82, 2.24) is 0 Å². The Kier molecular flexibility index (Phi) is 9.44. The lowest BCUT2D eigenvalue weighted by atomic mass is 10.1. The first kappa shape index (κ1) is 22.8. The van der Waals surface area contributed by atoms with E-state index in [0.717, 1.165) is 18.9 Å². The summed E-state index contributed by atoms with van der Waals surface area (Å²) in [6.45, 7) is 9.22. The maximum absolute atomic E-state index is 14.2. The van der Waals surface area contributed by atoms with E-state index >= 15 is 0 Å². The van der Waals surface area contributed by atoms with Gasteiger partial charge in [-0.2, -0.15) is 0 Å². The van der Waals surface area contributed by atoms with Crippen LogP contribution in [-0.4, -0.2) is 23.2 Å². The molecule has 1 aromatic rings. The first-order valence-electron chi connectivity index (χ1n) is 8.86. The lowest BCUT2D eigenvalue weighted by Crippen LogP contribution is -2.23. The second kappa shape index (κ2) is 10.8. The van der Waals surface area contributed by atoms with E-state index < -0.39 is 11.1 Å². The Balaban J connectivity index is 2.99. The molecule has 0 bridgehead atoms. The van der Waals surface area contributed by atoms with Crippen LogP contribution in [0.15, 0.2) is 17.0 Å². The van der Waals surface area contributed by atoms with Crippen molar-refractivity contribution >= 4 is 40.9 Å². The molecule has 146 valence electrons. The van der Waals surface area contributed by atoms with E-state index in [0.29, 0.717) is 11.3 Å². The highest BCUT2D eigenvalue weighted by Crippen LogP contribution is 2.36. The second-order valence-corrected chi connectivity index (χ2v) is 8.09. The number of nitrogens with one attached hydrogen (secondary N) is 1. The van der Waals surface area contributed by atoms with E-state index in [4.69, 9.17) is 16.3 Å². The Morgan fingerprint density at radius 2 is 1.92 bits per heavy atom. The molecule has 0 aliphatic heterocycles. The number of anilines is 1. The quantitative estimate of drug-likeness (QED) is 0.426. The highest BCUT2D eigenvalue weighted by molar-refractivity contribution is 8.00. The third kappa shape index (κ3) is 6.80. The van der Waals surface area contributed by atoms with Crippen LogP contribution in [0.4, 0.5) is 10.1 Å². The zero-order valence-corrected chi connectivity index (χ0v) is 17.5. The molecule has 26 heavy (non-hydrogen) atoms. The Morgan fingerprint density at radius 3 is 2.46 bits per heavy atom. The van der Waals surface area contributed by atoms with Crippen LogP contribution in [0.2, 0.25) is 5.02 Å². The van der Waals surface area contributed by atoms with Gasteiger partial charge in [-0.3, -0.25) is 9.59 Å². The molecule has 1 N–H and O–H groups in total. The Hall–Kier alpha value is -1.27. The summed E-state index contributed by atoms with van der Waals surface area (Å²) in [6, 6.07) is 2.63. The number of amides is 1. The molecule has 0 aliphatic rings. The van der Waals surface area contributed by atoms with E-state index in [9.17, 15) is 14.0 Å². The smallest absolute Gasteiger partial charge is 0.319 e. The number of carbonyl (C=O) groups excluding carboxylic acids is 2. The van der Waals surface area contributed by atoms with Gasteiger partial charge in [0.1, 0.15) is 11.1 Å². The summed E-state index contributed by atoms with van der Waals surface area (Å²) in [6.07, 6.45) is 1.92. The third-order valence-corrected chi connectivity index (χ3v) is 5.53. The van der Waals surface area contributed by atoms with Crippen LogP contribution < -0.4 is 5.32 Å². The SMILES string of the molecule is CCCC(C)C(=O)Nc1cc(SC(CC)C(=O)OC(C)C)c(Cl)cc1F. The van der Waals surface area contributed by atoms with Crippen LogP contribution in [0.3, 0.4) is 0 Å². The van der Waals surface area contributed by atoms with Gasteiger partial charge in [0.25, 0.3) is 0 Å². The van der Waals surface area contributed by atoms with Crippen LogP contribution in [-0.2, 0) is 14.3 Å². The molecule has 1 aromatic carbocycles. The number of benzene rings is 1. The Bertz CT molecular complexity index is 639. The molecule has 0 spiro atoms. The molecule has 7 heteroatoms. The fourth-order valence-electron chi connectivity index (χ4n) is 2.29. The fraction of sp³-hybridized carbons (Fsp3) is 0.579.